The van der Waals surface area contributed by atoms with Crippen molar-refractivity contribution in [2.45, 2.75) is 32.2 Å². The minimum Gasteiger partial charge on any atom is -0.462 e. The predicted molar refractivity (Wildman–Crippen MR) is 122 cm³/mol. The fourth-order valence-corrected chi connectivity index (χ4v) is 3.67. The highest BCUT2D eigenvalue weighted by Crippen LogP contribution is 2.34. The molecule has 1 fully saturated rings. The highest BCUT2D eigenvalue weighted by atomic mass is 19.2. The van der Waals surface area contributed by atoms with Gasteiger partial charge in [0.1, 0.15) is 6.10 Å². The van der Waals surface area contributed by atoms with E-state index in [0.29, 0.717) is 11.1 Å². The van der Waals surface area contributed by atoms with Gasteiger partial charge in [-0.05, 0) is 35.8 Å². The summed E-state index contributed by atoms with van der Waals surface area (Å²) in [6.45, 7) is 1.89. The quantitative estimate of drug-likeness (QED) is 0.298. The second-order valence-electron chi connectivity index (χ2n) is 8.08. The number of aliphatic hydroxyl groups excluding tert-OH is 1. The van der Waals surface area contributed by atoms with Crippen LogP contribution in [0.2, 0.25) is 0 Å². The highest BCUT2D eigenvalue weighted by molar-refractivity contribution is 5.71. The van der Waals surface area contributed by atoms with E-state index in [1.165, 1.54) is 54.8 Å². The van der Waals surface area contributed by atoms with Crippen LogP contribution in [-0.4, -0.2) is 24.4 Å². The van der Waals surface area contributed by atoms with Gasteiger partial charge >= 0.3 is 0 Å². The second-order valence-corrected chi connectivity index (χ2v) is 8.08. The van der Waals surface area contributed by atoms with Gasteiger partial charge in [0.05, 0.1) is 19.5 Å². The first kappa shape index (κ1) is 24.9. The summed E-state index contributed by atoms with van der Waals surface area (Å²) >= 11 is 0. The van der Waals surface area contributed by atoms with Gasteiger partial charge in [-0.15, -0.1) is 0 Å². The minimum atomic E-state index is -1.12. The molecule has 1 saturated heterocycles. The van der Waals surface area contributed by atoms with Crippen molar-refractivity contribution in [3.63, 3.8) is 0 Å². The maximum Gasteiger partial charge on any atom is 0.201 e. The Bertz CT molecular complexity index is 1200. The van der Waals surface area contributed by atoms with Crippen LogP contribution in [0.15, 0.2) is 60.9 Å². The van der Waals surface area contributed by atoms with Crippen molar-refractivity contribution >= 4 is 0 Å². The average molecular weight is 488 g/mol. The summed E-state index contributed by atoms with van der Waals surface area (Å²) in [6, 6.07) is 11.4. The molecule has 35 heavy (non-hydrogen) atoms. The van der Waals surface area contributed by atoms with E-state index in [1.54, 1.807) is 6.08 Å². The molecular weight excluding hydrogens is 464 g/mol. The molecule has 1 aliphatic heterocycles. The number of ether oxygens (including phenoxy) is 3. The zero-order valence-corrected chi connectivity index (χ0v) is 18.9. The molecule has 1 N–H and O–H groups in total. The Morgan fingerprint density at radius 3 is 2.00 bits per heavy atom. The molecule has 1 heterocycles. The lowest BCUT2D eigenvalue weighted by atomic mass is 9.98. The third kappa shape index (κ3) is 5.40. The Labute approximate surface area is 200 Å². The molecule has 4 nitrogen and oxygen atoms in total. The number of hydrogen-bond donors (Lipinski definition) is 1. The van der Waals surface area contributed by atoms with E-state index in [1.807, 2.05) is 6.92 Å². The molecule has 0 aromatic heterocycles. The largest absolute Gasteiger partial charge is 0.462 e. The molecule has 0 radical (unpaired) electrons. The first-order valence-corrected chi connectivity index (χ1v) is 11.2. The lowest BCUT2D eigenvalue weighted by Crippen LogP contribution is -2.31. The van der Waals surface area contributed by atoms with Crippen LogP contribution in [0, 0.1) is 23.3 Å². The van der Waals surface area contributed by atoms with Crippen LogP contribution in [0.5, 0.6) is 5.75 Å². The topological polar surface area (TPSA) is 47.9 Å². The van der Waals surface area contributed by atoms with E-state index in [-0.39, 0.29) is 35.7 Å². The van der Waals surface area contributed by atoms with Gasteiger partial charge in [0.2, 0.25) is 5.82 Å². The van der Waals surface area contributed by atoms with Gasteiger partial charge in [0.25, 0.3) is 0 Å². The first-order chi connectivity index (χ1) is 16.9. The number of rotatable bonds is 7. The van der Waals surface area contributed by atoms with Crippen LogP contribution < -0.4 is 4.74 Å². The molecule has 0 unspecified atom stereocenters. The summed E-state index contributed by atoms with van der Waals surface area (Å²) < 4.78 is 74.3. The molecule has 8 heteroatoms. The van der Waals surface area contributed by atoms with Gasteiger partial charge in [0.15, 0.2) is 29.5 Å². The number of allylic oxidation sites excluding steroid dienone is 1. The standard InChI is InChI=1S/C27H24F4O4/c1-2-3-4-13-33-22-12-11-20(24(29)26(22)31)17-7-5-16(6-8-17)19-9-10-21(25(30)23(19)28)27-34-14-18(32)15-35-27/h4-13,18,27,32H,2-3,14-15H2,1H3/b13-4-. The normalized spacial score (nSPS) is 18.2. The van der Waals surface area contributed by atoms with E-state index in [9.17, 15) is 22.7 Å². The van der Waals surface area contributed by atoms with E-state index < -0.39 is 35.7 Å². The fourth-order valence-electron chi connectivity index (χ4n) is 3.67. The fraction of sp³-hybridized carbons (Fsp3) is 0.259. The maximum atomic E-state index is 14.9. The number of hydrogen-bond acceptors (Lipinski definition) is 4. The molecule has 1 aliphatic rings. The molecule has 4 rings (SSSR count). The van der Waals surface area contributed by atoms with Crippen LogP contribution in [0.3, 0.4) is 0 Å². The van der Waals surface area contributed by atoms with Gasteiger partial charge in [-0.3, -0.25) is 0 Å². The van der Waals surface area contributed by atoms with Crippen LogP contribution in [-0.2, 0) is 9.47 Å². The van der Waals surface area contributed by atoms with Crippen LogP contribution in [0.4, 0.5) is 17.6 Å². The van der Waals surface area contributed by atoms with Crippen molar-refractivity contribution < 1.29 is 36.9 Å². The lowest BCUT2D eigenvalue weighted by molar-refractivity contribution is -0.221. The van der Waals surface area contributed by atoms with Gasteiger partial charge in [-0.1, -0.05) is 49.7 Å². The number of benzene rings is 3. The van der Waals surface area contributed by atoms with E-state index in [0.717, 1.165) is 12.8 Å². The summed E-state index contributed by atoms with van der Waals surface area (Å²) in [5.41, 5.74) is 0.592. The Morgan fingerprint density at radius 1 is 0.829 bits per heavy atom. The summed E-state index contributed by atoms with van der Waals surface area (Å²) in [4.78, 5) is 0. The number of halogens is 4. The molecule has 3 aromatic rings. The molecule has 0 atom stereocenters. The molecule has 0 spiro atoms. The molecule has 3 aromatic carbocycles. The van der Waals surface area contributed by atoms with Gasteiger partial charge in [-0.2, -0.15) is 4.39 Å². The van der Waals surface area contributed by atoms with Crippen LogP contribution in [0.1, 0.15) is 31.6 Å². The van der Waals surface area contributed by atoms with Crippen LogP contribution in [0.25, 0.3) is 22.3 Å². The van der Waals surface area contributed by atoms with Crippen LogP contribution >= 0.6 is 0 Å². The maximum absolute atomic E-state index is 14.9. The van der Waals surface area contributed by atoms with Crippen molar-refractivity contribution in [3.05, 3.63) is 89.7 Å². The summed E-state index contributed by atoms with van der Waals surface area (Å²) in [7, 11) is 0. The Hall–Kier alpha value is -3.20. The monoisotopic (exact) mass is 488 g/mol. The van der Waals surface area contributed by atoms with Crippen molar-refractivity contribution in [2.75, 3.05) is 13.2 Å². The Balaban J connectivity index is 1.55. The van der Waals surface area contributed by atoms with Crippen molar-refractivity contribution in [3.8, 4) is 28.0 Å². The van der Waals surface area contributed by atoms with Gasteiger partial charge in [0, 0.05) is 16.7 Å². The number of aliphatic hydroxyl groups is 1. The van der Waals surface area contributed by atoms with Crippen molar-refractivity contribution in [1.82, 2.24) is 0 Å². The second kappa shape index (κ2) is 11.0. The Morgan fingerprint density at radius 2 is 1.40 bits per heavy atom. The van der Waals surface area contributed by atoms with Gasteiger partial charge in [-0.25, -0.2) is 13.2 Å². The molecule has 184 valence electrons. The zero-order valence-electron chi connectivity index (χ0n) is 18.9. The molecule has 0 aliphatic carbocycles. The van der Waals surface area contributed by atoms with E-state index in [2.05, 4.69) is 0 Å². The van der Waals surface area contributed by atoms with Gasteiger partial charge < -0.3 is 19.3 Å². The average Bonchev–Trinajstić information content (AvgIpc) is 2.87. The molecular formula is C27H24F4O4. The summed E-state index contributed by atoms with van der Waals surface area (Å²) in [5, 5.41) is 9.42. The predicted octanol–water partition coefficient (Wildman–Crippen LogP) is 6.68. The zero-order chi connectivity index (χ0) is 24.9. The molecule has 0 bridgehead atoms. The third-order valence-corrected chi connectivity index (χ3v) is 5.55. The Kier molecular flexibility index (Phi) is 7.85. The SMILES string of the molecule is CCC/C=C\Oc1ccc(-c2ccc(-c3ccc(C4OCC(O)CO4)c(F)c3F)cc2)c(F)c1F. The summed E-state index contributed by atoms with van der Waals surface area (Å²) in [6.07, 6.45) is 2.77. The lowest BCUT2D eigenvalue weighted by Gasteiger charge is -2.27. The third-order valence-electron chi connectivity index (χ3n) is 5.55. The van der Waals surface area contributed by atoms with E-state index in [4.69, 9.17) is 14.2 Å². The molecule has 0 amide bonds. The summed E-state index contributed by atoms with van der Waals surface area (Å²) in [5.74, 6) is -4.63. The van der Waals surface area contributed by atoms with Crippen molar-refractivity contribution in [1.29, 1.82) is 0 Å². The smallest absolute Gasteiger partial charge is 0.201 e. The highest BCUT2D eigenvalue weighted by Gasteiger charge is 2.27. The molecule has 0 saturated carbocycles. The first-order valence-electron chi connectivity index (χ1n) is 11.2. The van der Waals surface area contributed by atoms with Crippen molar-refractivity contribution in [2.24, 2.45) is 0 Å². The number of unbranched alkanes of at least 4 members (excludes halogenated alkanes) is 1. The minimum absolute atomic E-state index is 0.00900. The van der Waals surface area contributed by atoms with E-state index >= 15 is 0 Å².